The summed E-state index contributed by atoms with van der Waals surface area (Å²) in [5, 5.41) is 7.62. The quantitative estimate of drug-likeness (QED) is 0.151. The number of para-hydroxylation sites is 4. The van der Waals surface area contributed by atoms with Crippen LogP contribution in [0.2, 0.25) is 0 Å². The van der Waals surface area contributed by atoms with Gasteiger partial charge in [0.25, 0.3) is 0 Å². The van der Waals surface area contributed by atoms with Crippen molar-refractivity contribution in [2.24, 2.45) is 0 Å². The normalized spacial score (nSPS) is 13.4. The van der Waals surface area contributed by atoms with Gasteiger partial charge in [0.15, 0.2) is 0 Å². The predicted molar refractivity (Wildman–Crippen MR) is 179 cm³/mol. The maximum atomic E-state index is 6.65. The van der Waals surface area contributed by atoms with Gasteiger partial charge in [-0.05, 0) is 53.1 Å². The number of nitrogens with zero attached hydrogens (tertiary/aromatic N) is 2. The zero-order valence-electron chi connectivity index (χ0n) is 22.7. The number of benzene rings is 6. The lowest BCUT2D eigenvalue weighted by atomic mass is 9.45. The van der Waals surface area contributed by atoms with E-state index in [1.54, 1.807) is 0 Å². The van der Waals surface area contributed by atoms with Crippen molar-refractivity contribution in [1.29, 1.82) is 0 Å². The number of thioether (sulfide) groups is 1. The second kappa shape index (κ2) is 7.31. The Morgan fingerprint density at radius 2 is 1.38 bits per heavy atom. The fourth-order valence-electron chi connectivity index (χ4n) is 8.25. The van der Waals surface area contributed by atoms with Gasteiger partial charge in [0, 0.05) is 65.6 Å². The largest absolute Gasteiger partial charge is 0.456 e. The fraction of sp³-hybridized carbons (Fsp3) is 0.0270. The molecule has 0 spiro atoms. The van der Waals surface area contributed by atoms with E-state index in [0.717, 1.165) is 11.2 Å². The van der Waals surface area contributed by atoms with Crippen LogP contribution < -0.4 is 10.9 Å². The molecule has 6 aromatic carbocycles. The first kappa shape index (κ1) is 21.8. The van der Waals surface area contributed by atoms with Crippen molar-refractivity contribution in [3.63, 3.8) is 0 Å². The molecule has 194 valence electrons. The highest BCUT2D eigenvalue weighted by Crippen LogP contribution is 2.47. The third-order valence-corrected chi connectivity index (χ3v) is 10.5. The van der Waals surface area contributed by atoms with E-state index in [1.807, 2.05) is 11.8 Å². The SMILES string of the molecule is CSc1cc2c3c(c1)c1ccccc1n3-c1cc3oc4ccccc4c3c3c1B2n1c2ccccc2c2cccc-3c21. The van der Waals surface area contributed by atoms with Crippen LogP contribution in [-0.4, -0.2) is 22.1 Å². The van der Waals surface area contributed by atoms with Gasteiger partial charge in [-0.3, -0.25) is 0 Å². The molecule has 0 N–H and O–H groups in total. The molecule has 0 aliphatic carbocycles. The number of furan rings is 1. The molecule has 0 unspecified atom stereocenters. The van der Waals surface area contributed by atoms with Crippen molar-refractivity contribution in [3.8, 4) is 16.8 Å². The van der Waals surface area contributed by atoms with Crippen LogP contribution in [0.3, 0.4) is 0 Å². The van der Waals surface area contributed by atoms with Crippen LogP contribution >= 0.6 is 11.8 Å². The monoisotopic (exact) mass is 552 g/mol. The van der Waals surface area contributed by atoms with Crippen LogP contribution in [0.5, 0.6) is 0 Å². The minimum Gasteiger partial charge on any atom is -0.456 e. The lowest BCUT2D eigenvalue weighted by molar-refractivity contribution is 0.669. The van der Waals surface area contributed by atoms with Gasteiger partial charge in [-0.2, -0.15) is 0 Å². The summed E-state index contributed by atoms with van der Waals surface area (Å²) >= 11 is 1.83. The maximum Gasteiger partial charge on any atom is 0.333 e. The van der Waals surface area contributed by atoms with Gasteiger partial charge in [0.1, 0.15) is 11.2 Å². The molecule has 42 heavy (non-hydrogen) atoms. The van der Waals surface area contributed by atoms with Gasteiger partial charge in [-0.15, -0.1) is 11.8 Å². The molecule has 0 bridgehead atoms. The predicted octanol–water partition coefficient (Wildman–Crippen LogP) is 8.46. The van der Waals surface area contributed by atoms with Crippen molar-refractivity contribution in [3.05, 3.63) is 109 Å². The first-order chi connectivity index (χ1) is 20.8. The molecule has 2 aliphatic heterocycles. The maximum absolute atomic E-state index is 6.65. The summed E-state index contributed by atoms with van der Waals surface area (Å²) < 4.78 is 11.8. The Bertz CT molecular complexity index is 2690. The zero-order valence-corrected chi connectivity index (χ0v) is 23.5. The smallest absolute Gasteiger partial charge is 0.333 e. The molecule has 0 atom stereocenters. The summed E-state index contributed by atoms with van der Waals surface area (Å²) in [6, 6.07) is 40.3. The first-order valence-electron chi connectivity index (χ1n) is 14.4. The van der Waals surface area contributed by atoms with E-state index in [4.69, 9.17) is 4.42 Å². The Hall–Kier alpha value is -4.87. The third-order valence-electron chi connectivity index (χ3n) is 9.76. The highest BCUT2D eigenvalue weighted by atomic mass is 32.2. The van der Waals surface area contributed by atoms with Crippen molar-refractivity contribution in [2.45, 2.75) is 4.90 Å². The lowest BCUT2D eigenvalue weighted by Gasteiger charge is -2.34. The van der Waals surface area contributed by atoms with Crippen molar-refractivity contribution >= 4 is 95.1 Å². The topological polar surface area (TPSA) is 23.0 Å². The zero-order chi connectivity index (χ0) is 27.3. The number of rotatable bonds is 1. The summed E-state index contributed by atoms with van der Waals surface area (Å²) in [4.78, 5) is 1.30. The van der Waals surface area contributed by atoms with Crippen molar-refractivity contribution in [1.82, 2.24) is 9.05 Å². The Morgan fingerprint density at radius 3 is 2.24 bits per heavy atom. The molecule has 0 saturated heterocycles. The minimum absolute atomic E-state index is 0.0387. The van der Waals surface area contributed by atoms with Gasteiger partial charge in [0.2, 0.25) is 0 Å². The van der Waals surface area contributed by atoms with Crippen LogP contribution in [-0.2, 0) is 0 Å². The van der Waals surface area contributed by atoms with E-state index in [1.165, 1.54) is 87.0 Å². The molecule has 0 saturated carbocycles. The molecule has 3 aromatic heterocycles. The molecule has 0 fully saturated rings. The van der Waals surface area contributed by atoms with Gasteiger partial charge in [-0.1, -0.05) is 72.8 Å². The molecular weight excluding hydrogens is 531 g/mol. The number of aromatic nitrogens is 2. The Balaban J connectivity index is 1.49. The average molecular weight is 552 g/mol. The van der Waals surface area contributed by atoms with E-state index >= 15 is 0 Å². The van der Waals surface area contributed by atoms with E-state index in [0.29, 0.717) is 0 Å². The summed E-state index contributed by atoms with van der Waals surface area (Å²) in [6.45, 7) is 0.0387. The molecule has 0 amide bonds. The Labute approximate surface area is 245 Å². The van der Waals surface area contributed by atoms with E-state index < -0.39 is 0 Å². The van der Waals surface area contributed by atoms with Crippen LogP contribution in [0, 0.1) is 0 Å². The van der Waals surface area contributed by atoms with Gasteiger partial charge in [0.05, 0.1) is 11.0 Å². The second-order valence-electron chi connectivity index (χ2n) is 11.6. The van der Waals surface area contributed by atoms with E-state index in [-0.39, 0.29) is 6.85 Å². The molecule has 3 nitrogen and oxygen atoms in total. The van der Waals surface area contributed by atoms with Crippen LogP contribution in [0.1, 0.15) is 0 Å². The number of hydrogen-bond donors (Lipinski definition) is 0. The second-order valence-corrected chi connectivity index (χ2v) is 12.5. The standard InChI is InChI=1S/C37H21BN2OS/c1-42-20-17-26-22-10-2-5-14-28(22)39-30-19-32-33(24-11-4-7-16-31(24)41-32)34-25-13-8-12-23-21-9-3-6-15-29(21)40(36(23)25)38(35(30)34)27(18-20)37(26)39/h2-19H,1H3. The van der Waals surface area contributed by atoms with Gasteiger partial charge < -0.3 is 13.5 Å². The molecule has 5 heteroatoms. The summed E-state index contributed by atoms with van der Waals surface area (Å²) in [6.07, 6.45) is 2.19. The van der Waals surface area contributed by atoms with E-state index in [2.05, 4.69) is 124 Å². The lowest BCUT2D eigenvalue weighted by Crippen LogP contribution is -2.55. The minimum atomic E-state index is 0.0387. The molecule has 9 aromatic rings. The fourth-order valence-corrected chi connectivity index (χ4v) is 8.73. The van der Waals surface area contributed by atoms with E-state index in [9.17, 15) is 0 Å². The highest BCUT2D eigenvalue weighted by Gasteiger charge is 2.43. The summed E-state index contributed by atoms with van der Waals surface area (Å²) in [5.74, 6) is 0. The number of hydrogen-bond acceptors (Lipinski definition) is 2. The molecule has 0 radical (unpaired) electrons. The van der Waals surface area contributed by atoms with Crippen molar-refractivity contribution < 1.29 is 4.42 Å². The first-order valence-corrected chi connectivity index (χ1v) is 15.7. The Morgan fingerprint density at radius 1 is 0.643 bits per heavy atom. The van der Waals surface area contributed by atoms with Gasteiger partial charge >= 0.3 is 6.85 Å². The molecule has 11 rings (SSSR count). The molecule has 2 aliphatic rings. The highest BCUT2D eigenvalue weighted by molar-refractivity contribution is 7.98. The molecular formula is C37H21BN2OS. The van der Waals surface area contributed by atoms with Gasteiger partial charge in [-0.25, -0.2) is 0 Å². The van der Waals surface area contributed by atoms with Crippen LogP contribution in [0.4, 0.5) is 0 Å². The molecule has 5 heterocycles. The van der Waals surface area contributed by atoms with Crippen LogP contribution in [0.15, 0.2) is 119 Å². The van der Waals surface area contributed by atoms with Crippen molar-refractivity contribution in [2.75, 3.05) is 6.26 Å². The average Bonchev–Trinajstić information content (AvgIpc) is 3.69. The summed E-state index contributed by atoms with van der Waals surface area (Å²) in [7, 11) is 0. The Kier molecular flexibility index (Phi) is 3.80. The third kappa shape index (κ3) is 2.34. The van der Waals surface area contributed by atoms with Crippen LogP contribution in [0.25, 0.3) is 82.4 Å². The number of fused-ring (bicyclic) bond motifs is 14. The summed E-state index contributed by atoms with van der Waals surface area (Å²) in [5.41, 5.74) is 13.6.